The van der Waals surface area contributed by atoms with Crippen molar-refractivity contribution < 1.29 is 35.9 Å². The first-order valence-corrected chi connectivity index (χ1v) is 14.0. The fourth-order valence-electron chi connectivity index (χ4n) is 4.54. The molecule has 3 heterocycles. The highest BCUT2D eigenvalue weighted by Crippen LogP contribution is 2.40. The third-order valence-electron chi connectivity index (χ3n) is 6.14. The van der Waals surface area contributed by atoms with Gasteiger partial charge in [0, 0.05) is 30.2 Å². The number of esters is 1. The summed E-state index contributed by atoms with van der Waals surface area (Å²) in [6.45, 7) is 0.335. The molecule has 0 unspecified atom stereocenters. The molecular weight excluding hydrogens is 547 g/mol. The van der Waals surface area contributed by atoms with Gasteiger partial charge in [-0.3, -0.25) is 14.4 Å². The number of nitrogens with one attached hydrogen (secondary N) is 2. The number of halogens is 3. The number of methoxy groups -OCH3 is 1. The number of amides is 1. The van der Waals surface area contributed by atoms with Crippen LogP contribution in [0.3, 0.4) is 0 Å². The number of nitrogens with zero attached hydrogens (tertiary/aromatic N) is 3. The fourth-order valence-corrected chi connectivity index (χ4v) is 5.62. The van der Waals surface area contributed by atoms with E-state index in [0.29, 0.717) is 10.6 Å². The van der Waals surface area contributed by atoms with Gasteiger partial charge in [0.2, 0.25) is 10.0 Å². The average molecular weight is 572 g/mol. The molecule has 38 heavy (non-hydrogen) atoms. The lowest BCUT2D eigenvalue weighted by Crippen LogP contribution is -2.49. The summed E-state index contributed by atoms with van der Waals surface area (Å²) in [5, 5.41) is 5.11. The van der Waals surface area contributed by atoms with Crippen LogP contribution in [0.25, 0.3) is 0 Å². The summed E-state index contributed by atoms with van der Waals surface area (Å²) in [5.41, 5.74) is -1.01. The molecule has 10 nitrogen and oxygen atoms in total. The number of amidine groups is 1. The Balaban J connectivity index is 1.84. The van der Waals surface area contributed by atoms with Crippen molar-refractivity contribution in [1.29, 1.82) is 0 Å². The molecule has 2 aromatic rings. The van der Waals surface area contributed by atoms with Gasteiger partial charge in [0.15, 0.2) is 10.8 Å². The molecule has 0 bridgehead atoms. The van der Waals surface area contributed by atoms with Crippen LogP contribution in [0.5, 0.6) is 0 Å². The number of alkyl halides is 2. The van der Waals surface area contributed by atoms with Crippen LogP contribution in [0.2, 0.25) is 0 Å². The zero-order valence-corrected chi connectivity index (χ0v) is 22.1. The molecule has 1 fully saturated rings. The van der Waals surface area contributed by atoms with Crippen molar-refractivity contribution in [3.05, 3.63) is 63.5 Å². The van der Waals surface area contributed by atoms with Gasteiger partial charge in [0.05, 0.1) is 31.5 Å². The minimum absolute atomic E-state index is 0.0515. The quantitative estimate of drug-likeness (QED) is 0.481. The Morgan fingerprint density at radius 1 is 1.29 bits per heavy atom. The maximum atomic E-state index is 14.5. The molecule has 4 rings (SSSR count). The second-order valence-corrected chi connectivity index (χ2v) is 11.7. The minimum Gasteiger partial charge on any atom is -0.466 e. The summed E-state index contributed by atoms with van der Waals surface area (Å²) in [4.78, 5) is 35.8. The Kier molecular flexibility index (Phi) is 7.38. The molecule has 1 aromatic heterocycles. The van der Waals surface area contributed by atoms with E-state index in [2.05, 4.69) is 10.3 Å². The molecule has 0 spiro atoms. The summed E-state index contributed by atoms with van der Waals surface area (Å²) >= 11 is 1.23. The highest BCUT2D eigenvalue weighted by Gasteiger charge is 2.50. The lowest BCUT2D eigenvalue weighted by atomic mass is 9.82. The second kappa shape index (κ2) is 10.1. The van der Waals surface area contributed by atoms with E-state index in [4.69, 9.17) is 9.73 Å². The summed E-state index contributed by atoms with van der Waals surface area (Å²) in [5.74, 6) is -5.54. The maximum Gasteiger partial charge on any atom is 0.338 e. The molecule has 0 aliphatic carbocycles. The summed E-state index contributed by atoms with van der Waals surface area (Å²) in [6.07, 6.45) is 1.36. The SMILES string of the molecule is COC(=O)C1=C(CN2CC(F)(F)C[C@H]2C(=O)NS(C)(=O)=O)NC(c2nccs2)=N[C@@]1(C)c1ccc(F)cc1. The van der Waals surface area contributed by atoms with Crippen molar-refractivity contribution in [3.8, 4) is 0 Å². The molecule has 2 atom stereocenters. The number of sulfonamides is 1. The predicted molar refractivity (Wildman–Crippen MR) is 132 cm³/mol. The van der Waals surface area contributed by atoms with Crippen molar-refractivity contribution in [2.24, 2.45) is 4.99 Å². The Hall–Kier alpha value is -3.30. The molecule has 1 aromatic carbocycles. The highest BCUT2D eigenvalue weighted by atomic mass is 32.2. The first-order valence-electron chi connectivity index (χ1n) is 11.2. The molecule has 0 radical (unpaired) electrons. The average Bonchev–Trinajstić information content (AvgIpc) is 3.45. The molecule has 1 saturated heterocycles. The van der Waals surface area contributed by atoms with Crippen LogP contribution in [-0.2, 0) is 29.9 Å². The Morgan fingerprint density at radius 3 is 2.55 bits per heavy atom. The number of carbonyl (C=O) groups is 2. The topological polar surface area (TPSA) is 130 Å². The molecule has 0 saturated carbocycles. The van der Waals surface area contributed by atoms with Crippen LogP contribution in [0.1, 0.15) is 23.9 Å². The molecule has 1 amide bonds. The van der Waals surface area contributed by atoms with Gasteiger partial charge in [0.1, 0.15) is 11.4 Å². The van der Waals surface area contributed by atoms with Gasteiger partial charge in [-0.05, 0) is 24.6 Å². The zero-order chi connectivity index (χ0) is 27.9. The van der Waals surface area contributed by atoms with Crippen LogP contribution >= 0.6 is 11.3 Å². The Bertz CT molecular complexity index is 1410. The number of rotatable bonds is 7. The van der Waals surface area contributed by atoms with E-state index in [1.807, 2.05) is 0 Å². The first-order chi connectivity index (χ1) is 17.7. The monoisotopic (exact) mass is 571 g/mol. The van der Waals surface area contributed by atoms with Crippen LogP contribution in [0.4, 0.5) is 13.2 Å². The smallest absolute Gasteiger partial charge is 0.338 e. The lowest BCUT2D eigenvalue weighted by Gasteiger charge is -2.36. The molecule has 204 valence electrons. The van der Waals surface area contributed by atoms with E-state index < -0.39 is 58.2 Å². The van der Waals surface area contributed by atoms with Crippen molar-refractivity contribution in [2.75, 3.05) is 26.5 Å². The second-order valence-electron chi connectivity index (χ2n) is 9.07. The standard InChI is InChI=1S/C23H24F3N5O5S2/c1-22(13-4-6-14(24)7-5-13)17(21(33)36-2)15(28-18(29-22)20-27-8-9-37-20)11-31-12-23(25,26)10-16(31)19(32)30-38(3,34)35/h4-9,16H,10-12H2,1-3H3,(H,28,29)(H,30,32)/t16-,22-/m0/s1. The summed E-state index contributed by atoms with van der Waals surface area (Å²) in [7, 11) is -2.87. The number of hydrogen-bond acceptors (Lipinski definition) is 10. The van der Waals surface area contributed by atoms with Crippen LogP contribution in [-0.4, -0.2) is 74.4 Å². The van der Waals surface area contributed by atoms with Gasteiger partial charge in [0.25, 0.3) is 11.8 Å². The van der Waals surface area contributed by atoms with Crippen molar-refractivity contribution in [3.63, 3.8) is 0 Å². The largest absolute Gasteiger partial charge is 0.466 e. The Morgan fingerprint density at radius 2 is 1.97 bits per heavy atom. The minimum atomic E-state index is -4.01. The Labute approximate surface area is 220 Å². The van der Waals surface area contributed by atoms with E-state index in [9.17, 15) is 31.2 Å². The first kappa shape index (κ1) is 27.7. The van der Waals surface area contributed by atoms with Crippen LogP contribution in [0.15, 0.2) is 52.1 Å². The molecular formula is C23H24F3N5O5S2. The predicted octanol–water partition coefficient (Wildman–Crippen LogP) is 1.76. The van der Waals surface area contributed by atoms with E-state index in [-0.39, 0.29) is 23.7 Å². The van der Waals surface area contributed by atoms with Gasteiger partial charge < -0.3 is 10.1 Å². The maximum absolute atomic E-state index is 14.5. The third-order valence-corrected chi connectivity index (χ3v) is 7.49. The van der Waals surface area contributed by atoms with E-state index in [1.54, 1.807) is 17.0 Å². The van der Waals surface area contributed by atoms with Crippen LogP contribution < -0.4 is 10.0 Å². The molecule has 2 aliphatic heterocycles. The number of ether oxygens (including phenoxy) is 1. The van der Waals surface area contributed by atoms with Crippen molar-refractivity contribution in [2.45, 2.75) is 30.8 Å². The van der Waals surface area contributed by atoms with E-state index in [0.717, 1.165) is 18.3 Å². The third kappa shape index (κ3) is 5.73. The number of thiazole rings is 1. The van der Waals surface area contributed by atoms with Crippen molar-refractivity contribution in [1.82, 2.24) is 19.9 Å². The molecule has 2 N–H and O–H groups in total. The van der Waals surface area contributed by atoms with Crippen molar-refractivity contribution >= 4 is 39.1 Å². The van der Waals surface area contributed by atoms with Gasteiger partial charge in [-0.25, -0.2) is 36.4 Å². The molecule has 2 aliphatic rings. The fraction of sp³-hybridized carbons (Fsp3) is 0.391. The van der Waals surface area contributed by atoms with Gasteiger partial charge in [-0.15, -0.1) is 11.3 Å². The summed E-state index contributed by atoms with van der Waals surface area (Å²) in [6, 6.07) is 3.77. The highest BCUT2D eigenvalue weighted by molar-refractivity contribution is 7.89. The number of hydrogen-bond donors (Lipinski definition) is 2. The zero-order valence-electron chi connectivity index (χ0n) is 20.5. The lowest BCUT2D eigenvalue weighted by molar-refractivity contribution is -0.137. The number of aromatic nitrogens is 1. The number of aliphatic imine (C=N–C) groups is 1. The van der Waals surface area contributed by atoms with Gasteiger partial charge in [-0.1, -0.05) is 12.1 Å². The normalized spacial score (nSPS) is 23.5. The number of carbonyl (C=O) groups excluding carboxylic acids is 2. The number of benzene rings is 1. The number of likely N-dealkylation sites (tertiary alicyclic amines) is 1. The van der Waals surface area contributed by atoms with Gasteiger partial charge in [-0.2, -0.15) is 0 Å². The van der Waals surface area contributed by atoms with E-state index in [1.165, 1.54) is 41.8 Å². The van der Waals surface area contributed by atoms with E-state index >= 15 is 0 Å². The van der Waals surface area contributed by atoms with Crippen LogP contribution in [0, 0.1) is 5.82 Å². The molecule has 15 heteroatoms. The summed E-state index contributed by atoms with van der Waals surface area (Å²) < 4.78 is 72.7. The van der Waals surface area contributed by atoms with Gasteiger partial charge >= 0.3 is 5.97 Å².